The molecule has 6 heteroatoms. The van der Waals surface area contributed by atoms with Gasteiger partial charge in [0.1, 0.15) is 0 Å². The van der Waals surface area contributed by atoms with Crippen LogP contribution in [-0.4, -0.2) is 22.1 Å². The lowest BCUT2D eigenvalue weighted by molar-refractivity contribution is 0.280. The van der Waals surface area contributed by atoms with E-state index in [1.807, 2.05) is 36.7 Å². The molecule has 3 N–H and O–H groups in total. The van der Waals surface area contributed by atoms with Gasteiger partial charge in [-0.15, -0.1) is 17.0 Å². The molecule has 5 nitrogen and oxygen atoms in total. The van der Waals surface area contributed by atoms with E-state index in [2.05, 4.69) is 62.3 Å². The summed E-state index contributed by atoms with van der Waals surface area (Å²) >= 11 is 0. The van der Waals surface area contributed by atoms with Gasteiger partial charge in [-0.1, -0.05) is 49.2 Å². The Kier molecular flexibility index (Phi) is 10.3. The van der Waals surface area contributed by atoms with Gasteiger partial charge < -0.3 is 16.0 Å². The normalized spacial score (nSPS) is 18.1. The molecule has 2 aromatic heterocycles. The Morgan fingerprint density at radius 1 is 0.625 bits per heavy atom. The highest BCUT2D eigenvalue weighted by molar-refractivity contribution is 8.93. The molecule has 2 atom stereocenters. The fourth-order valence-corrected chi connectivity index (χ4v) is 4.22. The first-order chi connectivity index (χ1) is 15.4. The van der Waals surface area contributed by atoms with Crippen molar-refractivity contribution in [2.45, 2.75) is 63.9 Å². The number of benzene rings is 1. The molecule has 1 fully saturated rings. The number of halogens is 1. The van der Waals surface area contributed by atoms with Crippen molar-refractivity contribution in [1.29, 1.82) is 0 Å². The van der Waals surface area contributed by atoms with Gasteiger partial charge in [0.2, 0.25) is 0 Å². The molecule has 170 valence electrons. The molecule has 0 unspecified atom stereocenters. The number of aromatic nitrogens is 2. The monoisotopic (exact) mass is 495 g/mol. The molecule has 0 saturated heterocycles. The summed E-state index contributed by atoms with van der Waals surface area (Å²) in [4.78, 5) is 8.79. The predicted octanol–water partition coefficient (Wildman–Crippen LogP) is 4.53. The third-order valence-electron chi connectivity index (χ3n) is 5.99. The van der Waals surface area contributed by atoms with Gasteiger partial charge in [0.15, 0.2) is 0 Å². The molecule has 1 aliphatic carbocycles. The van der Waals surface area contributed by atoms with Crippen LogP contribution in [0, 0.1) is 0 Å². The van der Waals surface area contributed by atoms with E-state index in [0.717, 1.165) is 37.6 Å². The lowest BCUT2D eigenvalue weighted by Gasteiger charge is -2.33. The number of rotatable bonds is 10. The number of hydrogen-bond donors (Lipinski definition) is 3. The van der Waals surface area contributed by atoms with Gasteiger partial charge in [-0.3, -0.25) is 9.97 Å². The van der Waals surface area contributed by atoms with E-state index < -0.39 is 0 Å². The van der Waals surface area contributed by atoms with E-state index in [1.165, 1.54) is 36.8 Å². The molecule has 0 aliphatic heterocycles. The SMILES string of the molecule is Br.c1ccc(CNCc2ccc(CN[C@@H]3CCCC[C@@H]3NCc3ccccn3)cc2)nc1. The van der Waals surface area contributed by atoms with E-state index in [1.54, 1.807) is 0 Å². The van der Waals surface area contributed by atoms with Gasteiger partial charge in [0.05, 0.1) is 11.4 Å². The van der Waals surface area contributed by atoms with Crippen molar-refractivity contribution >= 4 is 17.0 Å². The molecule has 2 heterocycles. The summed E-state index contributed by atoms with van der Waals surface area (Å²) in [7, 11) is 0. The third-order valence-corrected chi connectivity index (χ3v) is 5.99. The molecule has 32 heavy (non-hydrogen) atoms. The van der Waals surface area contributed by atoms with Crippen LogP contribution < -0.4 is 16.0 Å². The van der Waals surface area contributed by atoms with Crippen LogP contribution in [0.5, 0.6) is 0 Å². The average molecular weight is 496 g/mol. The van der Waals surface area contributed by atoms with Crippen molar-refractivity contribution in [2.24, 2.45) is 0 Å². The van der Waals surface area contributed by atoms with Crippen LogP contribution in [0.3, 0.4) is 0 Å². The summed E-state index contributed by atoms with van der Waals surface area (Å²) in [5.74, 6) is 0. The molecule has 0 radical (unpaired) electrons. The standard InChI is InChI=1S/C26H33N5.BrH/c1-2-10-26(31-20-24-8-4-6-16-29-24)25(9-1)30-18-22-13-11-21(12-14-22)17-27-19-23-7-3-5-15-28-23;/h3-8,11-16,25-27,30-31H,1-2,9-10,17-20H2;1H/t25-,26+;/m1./s1. The number of pyridine rings is 2. The molecular formula is C26H34BrN5. The molecule has 0 amide bonds. The molecule has 0 spiro atoms. The fourth-order valence-electron chi connectivity index (χ4n) is 4.22. The Morgan fingerprint density at radius 2 is 1.16 bits per heavy atom. The summed E-state index contributed by atoms with van der Waals surface area (Å²) in [6, 6.07) is 22.1. The lowest BCUT2D eigenvalue weighted by atomic mass is 9.90. The van der Waals surface area contributed by atoms with Crippen molar-refractivity contribution in [1.82, 2.24) is 25.9 Å². The largest absolute Gasteiger partial charge is 0.308 e. The maximum Gasteiger partial charge on any atom is 0.0541 e. The third kappa shape index (κ3) is 7.78. The number of nitrogens with zero attached hydrogens (tertiary/aromatic N) is 2. The van der Waals surface area contributed by atoms with Crippen LogP contribution >= 0.6 is 17.0 Å². The topological polar surface area (TPSA) is 61.9 Å². The number of nitrogens with one attached hydrogen (secondary N) is 3. The maximum absolute atomic E-state index is 4.44. The summed E-state index contributed by atoms with van der Waals surface area (Å²) in [5.41, 5.74) is 4.82. The van der Waals surface area contributed by atoms with Gasteiger partial charge >= 0.3 is 0 Å². The summed E-state index contributed by atoms with van der Waals surface area (Å²) in [6.07, 6.45) is 8.77. The Hall–Kier alpha value is -2.12. The zero-order valence-electron chi connectivity index (χ0n) is 18.5. The first-order valence-electron chi connectivity index (χ1n) is 11.4. The van der Waals surface area contributed by atoms with Crippen LogP contribution in [0.4, 0.5) is 0 Å². The second kappa shape index (κ2) is 13.4. The zero-order valence-corrected chi connectivity index (χ0v) is 20.3. The van der Waals surface area contributed by atoms with Gasteiger partial charge in [-0.2, -0.15) is 0 Å². The van der Waals surface area contributed by atoms with Crippen LogP contribution in [0.25, 0.3) is 0 Å². The summed E-state index contributed by atoms with van der Waals surface area (Å²) in [6.45, 7) is 3.39. The Labute approximate surface area is 202 Å². The van der Waals surface area contributed by atoms with E-state index in [0.29, 0.717) is 12.1 Å². The van der Waals surface area contributed by atoms with Crippen molar-refractivity contribution in [3.05, 3.63) is 95.6 Å². The van der Waals surface area contributed by atoms with Crippen LogP contribution in [0.2, 0.25) is 0 Å². The highest BCUT2D eigenvalue weighted by Gasteiger charge is 2.24. The first kappa shape index (κ1) is 24.5. The van der Waals surface area contributed by atoms with Crippen molar-refractivity contribution in [3.8, 4) is 0 Å². The molecule has 0 bridgehead atoms. The van der Waals surface area contributed by atoms with Gasteiger partial charge in [0.25, 0.3) is 0 Å². The van der Waals surface area contributed by atoms with Crippen molar-refractivity contribution in [2.75, 3.05) is 0 Å². The van der Waals surface area contributed by atoms with E-state index >= 15 is 0 Å². The highest BCUT2D eigenvalue weighted by atomic mass is 79.9. The minimum absolute atomic E-state index is 0. The average Bonchev–Trinajstić information content (AvgIpc) is 2.84. The van der Waals surface area contributed by atoms with Crippen molar-refractivity contribution in [3.63, 3.8) is 0 Å². The van der Waals surface area contributed by atoms with Crippen LogP contribution in [0.15, 0.2) is 73.1 Å². The molecular weight excluding hydrogens is 462 g/mol. The quantitative estimate of drug-likeness (QED) is 0.385. The van der Waals surface area contributed by atoms with E-state index in [9.17, 15) is 0 Å². The molecule has 1 aromatic carbocycles. The molecule has 3 aromatic rings. The lowest BCUT2D eigenvalue weighted by Crippen LogP contribution is -2.49. The van der Waals surface area contributed by atoms with Crippen LogP contribution in [-0.2, 0) is 26.2 Å². The Bertz CT molecular complexity index is 889. The molecule has 1 aliphatic rings. The van der Waals surface area contributed by atoms with E-state index in [-0.39, 0.29) is 17.0 Å². The molecule has 4 rings (SSSR count). The zero-order chi connectivity index (χ0) is 21.1. The minimum Gasteiger partial charge on any atom is -0.308 e. The smallest absolute Gasteiger partial charge is 0.0541 e. The van der Waals surface area contributed by atoms with Gasteiger partial charge in [-0.25, -0.2) is 0 Å². The highest BCUT2D eigenvalue weighted by Crippen LogP contribution is 2.19. The Morgan fingerprint density at radius 3 is 1.72 bits per heavy atom. The summed E-state index contributed by atoms with van der Waals surface area (Å²) < 4.78 is 0. The van der Waals surface area contributed by atoms with Gasteiger partial charge in [0, 0.05) is 50.7 Å². The van der Waals surface area contributed by atoms with Crippen LogP contribution in [0.1, 0.15) is 48.2 Å². The Balaban J connectivity index is 0.00000289. The number of hydrogen-bond acceptors (Lipinski definition) is 5. The summed E-state index contributed by atoms with van der Waals surface area (Å²) in [5, 5.41) is 11.0. The predicted molar refractivity (Wildman–Crippen MR) is 136 cm³/mol. The van der Waals surface area contributed by atoms with E-state index in [4.69, 9.17) is 0 Å². The maximum atomic E-state index is 4.44. The first-order valence-corrected chi connectivity index (χ1v) is 11.4. The molecule has 1 saturated carbocycles. The van der Waals surface area contributed by atoms with Gasteiger partial charge in [-0.05, 0) is 48.2 Å². The second-order valence-corrected chi connectivity index (χ2v) is 8.32. The second-order valence-electron chi connectivity index (χ2n) is 8.32. The van der Waals surface area contributed by atoms with Crippen molar-refractivity contribution < 1.29 is 0 Å². The minimum atomic E-state index is 0. The fraction of sp³-hybridized carbons (Fsp3) is 0.385.